The van der Waals surface area contributed by atoms with Gasteiger partial charge in [-0.1, -0.05) is 147 Å². The van der Waals surface area contributed by atoms with Gasteiger partial charge in [0.1, 0.15) is 16.7 Å². The van der Waals surface area contributed by atoms with E-state index in [9.17, 15) is 0 Å². The zero-order valence-electron chi connectivity index (χ0n) is 30.5. The molecule has 0 atom stereocenters. The molecule has 9 aromatic carbocycles. The summed E-state index contributed by atoms with van der Waals surface area (Å²) in [5.74, 6) is 0. The third-order valence-corrected chi connectivity index (χ3v) is 12.3. The molecule has 0 spiro atoms. The van der Waals surface area contributed by atoms with E-state index in [0.717, 1.165) is 38.6 Å². The van der Waals surface area contributed by atoms with Gasteiger partial charge >= 0.3 is 0 Å². The minimum atomic E-state index is -0.158. The van der Waals surface area contributed by atoms with E-state index in [0.29, 0.717) is 0 Å². The molecule has 0 saturated carbocycles. The van der Waals surface area contributed by atoms with Crippen LogP contribution in [-0.4, -0.2) is 0 Å². The van der Waals surface area contributed by atoms with Crippen LogP contribution in [0.4, 0.5) is 0 Å². The number of hydrogen-bond donors (Lipinski definition) is 0. The van der Waals surface area contributed by atoms with Crippen LogP contribution in [0, 0.1) is 0 Å². The molecule has 0 bridgehead atoms. The number of hydrogen-bond acceptors (Lipinski definition) is 2. The Morgan fingerprint density at radius 2 is 1.04 bits per heavy atom. The maximum absolute atomic E-state index is 6.87. The summed E-state index contributed by atoms with van der Waals surface area (Å²) in [5.41, 5.74) is 15.0. The number of benzene rings is 9. The second-order valence-electron chi connectivity index (χ2n) is 15.6. The Balaban J connectivity index is 1.10. The third kappa shape index (κ3) is 4.20. The molecular weight excluding hydrogens is 669 g/mol. The van der Waals surface area contributed by atoms with Crippen LogP contribution in [0.5, 0.6) is 0 Å². The van der Waals surface area contributed by atoms with E-state index >= 15 is 0 Å². The predicted molar refractivity (Wildman–Crippen MR) is 230 cm³/mol. The predicted octanol–water partition coefficient (Wildman–Crippen LogP) is 15.1. The zero-order valence-corrected chi connectivity index (χ0v) is 30.5. The Labute approximate surface area is 317 Å². The molecule has 2 heterocycles. The Kier molecular flexibility index (Phi) is 6.15. The Morgan fingerprint density at radius 1 is 0.382 bits per heavy atom. The van der Waals surface area contributed by atoms with Crippen molar-refractivity contribution in [2.45, 2.75) is 19.3 Å². The second-order valence-corrected chi connectivity index (χ2v) is 15.6. The van der Waals surface area contributed by atoms with Crippen molar-refractivity contribution in [2.24, 2.45) is 0 Å². The lowest BCUT2D eigenvalue weighted by molar-refractivity contribution is 0.617. The average molecular weight is 703 g/mol. The van der Waals surface area contributed by atoms with Crippen LogP contribution in [-0.2, 0) is 5.41 Å². The molecule has 0 saturated heterocycles. The monoisotopic (exact) mass is 702 g/mol. The van der Waals surface area contributed by atoms with E-state index in [-0.39, 0.29) is 5.41 Å². The van der Waals surface area contributed by atoms with Crippen molar-refractivity contribution in [1.29, 1.82) is 0 Å². The first-order valence-electron chi connectivity index (χ1n) is 19.1. The van der Waals surface area contributed by atoms with Crippen LogP contribution >= 0.6 is 0 Å². The molecule has 1 aliphatic carbocycles. The van der Waals surface area contributed by atoms with Crippen molar-refractivity contribution in [2.75, 3.05) is 0 Å². The maximum Gasteiger partial charge on any atom is 0.136 e. The Bertz CT molecular complexity index is 3350. The molecule has 11 aromatic rings. The van der Waals surface area contributed by atoms with Crippen molar-refractivity contribution >= 4 is 65.2 Å². The third-order valence-electron chi connectivity index (χ3n) is 12.3. The summed E-state index contributed by atoms with van der Waals surface area (Å²) >= 11 is 0. The highest BCUT2D eigenvalue weighted by molar-refractivity contribution is 6.24. The molecule has 0 radical (unpaired) electrons. The molecule has 2 heteroatoms. The van der Waals surface area contributed by atoms with E-state index in [4.69, 9.17) is 8.83 Å². The molecule has 0 aliphatic heterocycles. The fourth-order valence-corrected chi connectivity index (χ4v) is 9.79. The van der Waals surface area contributed by atoms with Gasteiger partial charge < -0.3 is 8.83 Å². The van der Waals surface area contributed by atoms with Gasteiger partial charge in [0.05, 0.1) is 6.26 Å². The maximum atomic E-state index is 6.87. The molecule has 12 rings (SSSR count). The quantitative estimate of drug-likeness (QED) is 0.171. The molecule has 0 unspecified atom stereocenters. The molecule has 0 N–H and O–H groups in total. The molecule has 258 valence electrons. The highest BCUT2D eigenvalue weighted by atomic mass is 16.3. The summed E-state index contributed by atoms with van der Waals surface area (Å²) in [5, 5.41) is 10.8. The van der Waals surface area contributed by atoms with E-state index in [1.165, 1.54) is 82.2 Å². The number of rotatable bonds is 3. The van der Waals surface area contributed by atoms with E-state index in [1.807, 2.05) is 18.4 Å². The molecule has 2 nitrogen and oxygen atoms in total. The lowest BCUT2D eigenvalue weighted by atomic mass is 9.82. The highest BCUT2D eigenvalue weighted by Crippen LogP contribution is 2.56. The van der Waals surface area contributed by atoms with Gasteiger partial charge in [-0.15, -0.1) is 0 Å². The SMILES string of the molecule is CC1(C)c2cccc(-c3ccc4ccccc4c3)c2-c2c1ccc1oc3cc(-c4c5ccccc5c(-c5coc6ccccc56)c5ccccc45)ccc3c21. The van der Waals surface area contributed by atoms with Crippen LogP contribution < -0.4 is 0 Å². The van der Waals surface area contributed by atoms with Gasteiger partial charge in [-0.2, -0.15) is 0 Å². The van der Waals surface area contributed by atoms with Gasteiger partial charge in [-0.05, 0) is 107 Å². The van der Waals surface area contributed by atoms with Crippen LogP contribution in [0.15, 0.2) is 179 Å². The standard InChI is InChI=1S/C53H34O2/c1-53(2)43-20-11-19-35(33-23-22-31-12-3-4-13-32(31)28-33)50(43)52-44(53)26-27-46-51(52)41-25-24-34(29-47(41)55-46)48-37-15-5-7-17-39(37)49(40-18-8-6-16-38(40)48)42-30-54-45-21-10-9-14-36(42)45/h3-30H,1-2H3. The van der Waals surface area contributed by atoms with Gasteiger partial charge in [-0.3, -0.25) is 0 Å². The molecule has 1 aliphatic rings. The largest absolute Gasteiger partial charge is 0.464 e. The van der Waals surface area contributed by atoms with Crippen molar-refractivity contribution in [3.05, 3.63) is 181 Å². The van der Waals surface area contributed by atoms with Crippen LogP contribution in [0.1, 0.15) is 25.0 Å². The molecule has 0 fully saturated rings. The van der Waals surface area contributed by atoms with Crippen molar-refractivity contribution in [3.8, 4) is 44.5 Å². The van der Waals surface area contributed by atoms with Gasteiger partial charge in [0, 0.05) is 32.7 Å². The minimum absolute atomic E-state index is 0.158. The first-order valence-corrected chi connectivity index (χ1v) is 19.1. The van der Waals surface area contributed by atoms with Crippen LogP contribution in [0.25, 0.3) is 110 Å². The van der Waals surface area contributed by atoms with Gasteiger partial charge in [-0.25, -0.2) is 0 Å². The summed E-state index contributed by atoms with van der Waals surface area (Å²) in [6.45, 7) is 4.72. The van der Waals surface area contributed by atoms with E-state index < -0.39 is 0 Å². The highest BCUT2D eigenvalue weighted by Gasteiger charge is 2.39. The summed E-state index contributed by atoms with van der Waals surface area (Å²) in [7, 11) is 0. The molecule has 55 heavy (non-hydrogen) atoms. The first kappa shape index (κ1) is 30.6. The van der Waals surface area contributed by atoms with Crippen molar-refractivity contribution < 1.29 is 8.83 Å². The average Bonchev–Trinajstić information content (AvgIpc) is 3.89. The smallest absolute Gasteiger partial charge is 0.136 e. The minimum Gasteiger partial charge on any atom is -0.464 e. The fraction of sp³-hybridized carbons (Fsp3) is 0.0566. The van der Waals surface area contributed by atoms with E-state index in [2.05, 4.69) is 166 Å². The first-order chi connectivity index (χ1) is 27.0. The molecule has 0 amide bonds. The normalized spacial score (nSPS) is 13.4. The van der Waals surface area contributed by atoms with Gasteiger partial charge in [0.15, 0.2) is 0 Å². The van der Waals surface area contributed by atoms with E-state index in [1.54, 1.807) is 0 Å². The second kappa shape index (κ2) is 11.1. The van der Waals surface area contributed by atoms with Crippen molar-refractivity contribution in [3.63, 3.8) is 0 Å². The Hall–Kier alpha value is -6.90. The Morgan fingerprint density at radius 3 is 1.82 bits per heavy atom. The van der Waals surface area contributed by atoms with Crippen molar-refractivity contribution in [1.82, 2.24) is 0 Å². The lowest BCUT2D eigenvalue weighted by Gasteiger charge is -2.21. The molecule has 2 aromatic heterocycles. The van der Waals surface area contributed by atoms with Gasteiger partial charge in [0.25, 0.3) is 0 Å². The molecular formula is C53H34O2. The fourth-order valence-electron chi connectivity index (χ4n) is 9.79. The lowest BCUT2D eigenvalue weighted by Crippen LogP contribution is -2.14. The summed E-state index contributed by atoms with van der Waals surface area (Å²) in [6.07, 6.45) is 1.92. The number of furan rings is 2. The zero-order chi connectivity index (χ0) is 36.4. The van der Waals surface area contributed by atoms with Gasteiger partial charge in [0.2, 0.25) is 0 Å². The van der Waals surface area contributed by atoms with Crippen LogP contribution in [0.3, 0.4) is 0 Å². The topological polar surface area (TPSA) is 26.3 Å². The number of fused-ring (bicyclic) bond motifs is 11. The summed E-state index contributed by atoms with van der Waals surface area (Å²) in [6, 6.07) is 59.5. The number of para-hydroxylation sites is 1. The summed E-state index contributed by atoms with van der Waals surface area (Å²) < 4.78 is 13.0. The summed E-state index contributed by atoms with van der Waals surface area (Å²) in [4.78, 5) is 0. The van der Waals surface area contributed by atoms with Crippen LogP contribution in [0.2, 0.25) is 0 Å².